The second-order valence-corrected chi connectivity index (χ2v) is 4.25. The fourth-order valence-electron chi connectivity index (χ4n) is 1.96. The van der Waals surface area contributed by atoms with E-state index in [2.05, 4.69) is 0 Å². The highest BCUT2D eigenvalue weighted by Gasteiger charge is 2.14. The summed E-state index contributed by atoms with van der Waals surface area (Å²) in [7, 11) is 0. The molecule has 1 fully saturated rings. The summed E-state index contributed by atoms with van der Waals surface area (Å²) in [5.74, 6) is 0.596. The summed E-state index contributed by atoms with van der Waals surface area (Å²) in [5.41, 5.74) is 1.14. The maximum atomic E-state index is 11.6. The summed E-state index contributed by atoms with van der Waals surface area (Å²) < 4.78 is 7.11. The molecule has 3 heteroatoms. The van der Waals surface area contributed by atoms with E-state index in [4.69, 9.17) is 4.74 Å². The summed E-state index contributed by atoms with van der Waals surface area (Å²) in [6.07, 6.45) is 4.04. The maximum Gasteiger partial charge on any atom is 0.250 e. The quantitative estimate of drug-likeness (QED) is 0.737. The number of rotatable bonds is 2. The first kappa shape index (κ1) is 10.4. The van der Waals surface area contributed by atoms with E-state index >= 15 is 0 Å². The molecule has 1 aromatic rings. The van der Waals surface area contributed by atoms with Crippen molar-refractivity contribution in [1.82, 2.24) is 4.57 Å². The third-order valence-corrected chi connectivity index (χ3v) is 2.95. The average Bonchev–Trinajstić information content (AvgIpc) is 2.24. The second-order valence-electron chi connectivity index (χ2n) is 4.25. The van der Waals surface area contributed by atoms with Gasteiger partial charge in [-0.3, -0.25) is 4.79 Å². The molecule has 0 radical (unpaired) electrons. The molecule has 0 amide bonds. The minimum atomic E-state index is 0.112. The van der Waals surface area contributed by atoms with Crippen LogP contribution in [0.2, 0.25) is 0 Å². The van der Waals surface area contributed by atoms with Crippen molar-refractivity contribution >= 4 is 0 Å². The molecule has 82 valence electrons. The second kappa shape index (κ2) is 4.62. The molecule has 1 aliphatic heterocycles. The summed E-state index contributed by atoms with van der Waals surface area (Å²) in [6.45, 7) is 4.46. The normalized spacial score (nSPS) is 17.9. The maximum absolute atomic E-state index is 11.6. The largest absolute Gasteiger partial charge is 0.381 e. The van der Waals surface area contributed by atoms with E-state index in [-0.39, 0.29) is 5.56 Å². The van der Waals surface area contributed by atoms with Gasteiger partial charge in [-0.1, -0.05) is 0 Å². The van der Waals surface area contributed by atoms with Crippen molar-refractivity contribution in [1.29, 1.82) is 0 Å². The molecule has 0 atom stereocenters. The number of aryl methyl sites for hydroxylation is 1. The van der Waals surface area contributed by atoms with Gasteiger partial charge in [-0.05, 0) is 37.3 Å². The summed E-state index contributed by atoms with van der Waals surface area (Å²) in [5, 5.41) is 0. The third kappa shape index (κ3) is 2.69. The van der Waals surface area contributed by atoms with Crippen molar-refractivity contribution in [3.8, 4) is 0 Å². The van der Waals surface area contributed by atoms with Gasteiger partial charge < -0.3 is 9.30 Å². The Morgan fingerprint density at radius 1 is 1.47 bits per heavy atom. The molecular formula is C12H17NO2. The fraction of sp³-hybridized carbons (Fsp3) is 0.583. The molecule has 15 heavy (non-hydrogen) atoms. The van der Waals surface area contributed by atoms with Crippen molar-refractivity contribution in [2.24, 2.45) is 5.92 Å². The first-order chi connectivity index (χ1) is 7.25. The van der Waals surface area contributed by atoms with Crippen LogP contribution in [0.25, 0.3) is 0 Å². The van der Waals surface area contributed by atoms with E-state index in [1.807, 2.05) is 23.8 Å². The van der Waals surface area contributed by atoms with Crippen molar-refractivity contribution in [3.63, 3.8) is 0 Å². The predicted octanol–water partition coefficient (Wildman–Crippen LogP) is 1.58. The Hall–Kier alpha value is -1.09. The molecule has 0 aromatic carbocycles. The molecular weight excluding hydrogens is 190 g/mol. The molecule has 0 saturated carbocycles. The standard InChI is InChI=1S/C12H17NO2/c1-10-2-5-13(12(14)8-10)9-11-3-6-15-7-4-11/h2,5,8,11H,3-4,6-7,9H2,1H3. The van der Waals surface area contributed by atoms with Crippen molar-refractivity contribution in [3.05, 3.63) is 34.2 Å². The summed E-state index contributed by atoms with van der Waals surface area (Å²) in [4.78, 5) is 11.6. The van der Waals surface area contributed by atoms with Crippen LogP contribution in [0.15, 0.2) is 23.1 Å². The van der Waals surface area contributed by atoms with Gasteiger partial charge >= 0.3 is 0 Å². The monoisotopic (exact) mass is 207 g/mol. The van der Waals surface area contributed by atoms with Gasteiger partial charge in [-0.2, -0.15) is 0 Å². The molecule has 1 aliphatic rings. The first-order valence-electron chi connectivity index (χ1n) is 5.50. The van der Waals surface area contributed by atoms with Crippen LogP contribution in [0.4, 0.5) is 0 Å². The lowest BCUT2D eigenvalue weighted by atomic mass is 10.0. The van der Waals surface area contributed by atoms with Gasteiger partial charge in [0, 0.05) is 32.0 Å². The molecule has 0 aliphatic carbocycles. The van der Waals surface area contributed by atoms with Crippen molar-refractivity contribution in [2.75, 3.05) is 13.2 Å². The minimum Gasteiger partial charge on any atom is -0.381 e. The zero-order valence-electron chi connectivity index (χ0n) is 9.11. The topological polar surface area (TPSA) is 31.2 Å². The Balaban J connectivity index is 2.06. The third-order valence-electron chi connectivity index (χ3n) is 2.95. The van der Waals surface area contributed by atoms with Crippen LogP contribution in [0.3, 0.4) is 0 Å². The minimum absolute atomic E-state index is 0.112. The van der Waals surface area contributed by atoms with E-state index in [0.717, 1.165) is 38.2 Å². The molecule has 1 aromatic heterocycles. The van der Waals surface area contributed by atoms with Gasteiger partial charge in [0.1, 0.15) is 0 Å². The Morgan fingerprint density at radius 3 is 2.87 bits per heavy atom. The Labute approximate surface area is 89.7 Å². The predicted molar refractivity (Wildman–Crippen MR) is 59.0 cm³/mol. The van der Waals surface area contributed by atoms with Gasteiger partial charge in [0.15, 0.2) is 0 Å². The number of hydrogen-bond donors (Lipinski definition) is 0. The highest BCUT2D eigenvalue weighted by atomic mass is 16.5. The van der Waals surface area contributed by atoms with E-state index in [9.17, 15) is 4.79 Å². The Kier molecular flexibility index (Phi) is 3.21. The van der Waals surface area contributed by atoms with Gasteiger partial charge in [0.25, 0.3) is 5.56 Å². The molecule has 2 rings (SSSR count). The smallest absolute Gasteiger partial charge is 0.250 e. The first-order valence-corrected chi connectivity index (χ1v) is 5.50. The summed E-state index contributed by atoms with van der Waals surface area (Å²) in [6, 6.07) is 3.68. The highest BCUT2D eigenvalue weighted by Crippen LogP contribution is 2.15. The zero-order valence-corrected chi connectivity index (χ0v) is 9.11. The lowest BCUT2D eigenvalue weighted by Crippen LogP contribution is -2.26. The van der Waals surface area contributed by atoms with Crippen LogP contribution < -0.4 is 5.56 Å². The molecule has 0 spiro atoms. The summed E-state index contributed by atoms with van der Waals surface area (Å²) >= 11 is 0. The van der Waals surface area contributed by atoms with Crippen LogP contribution in [0.1, 0.15) is 18.4 Å². The van der Waals surface area contributed by atoms with E-state index in [1.165, 1.54) is 0 Å². The Morgan fingerprint density at radius 2 is 2.20 bits per heavy atom. The number of ether oxygens (including phenoxy) is 1. The highest BCUT2D eigenvalue weighted by molar-refractivity contribution is 5.08. The lowest BCUT2D eigenvalue weighted by Gasteiger charge is -2.22. The van der Waals surface area contributed by atoms with Gasteiger partial charge in [0.2, 0.25) is 0 Å². The lowest BCUT2D eigenvalue weighted by molar-refractivity contribution is 0.0609. The van der Waals surface area contributed by atoms with E-state index in [0.29, 0.717) is 5.92 Å². The zero-order chi connectivity index (χ0) is 10.7. The number of pyridine rings is 1. The molecule has 3 nitrogen and oxygen atoms in total. The average molecular weight is 207 g/mol. The van der Waals surface area contributed by atoms with E-state index < -0.39 is 0 Å². The van der Waals surface area contributed by atoms with Crippen molar-refractivity contribution in [2.45, 2.75) is 26.3 Å². The molecule has 0 N–H and O–H groups in total. The van der Waals surface area contributed by atoms with Crippen molar-refractivity contribution < 1.29 is 4.74 Å². The number of aromatic nitrogens is 1. The molecule has 0 unspecified atom stereocenters. The number of hydrogen-bond acceptors (Lipinski definition) is 2. The van der Waals surface area contributed by atoms with Gasteiger partial charge in [-0.25, -0.2) is 0 Å². The fourth-order valence-corrected chi connectivity index (χ4v) is 1.96. The van der Waals surface area contributed by atoms with Crippen LogP contribution >= 0.6 is 0 Å². The van der Waals surface area contributed by atoms with Gasteiger partial charge in [0.05, 0.1) is 0 Å². The van der Waals surface area contributed by atoms with Crippen LogP contribution in [0, 0.1) is 12.8 Å². The SMILES string of the molecule is Cc1ccn(CC2CCOCC2)c(=O)c1. The van der Waals surface area contributed by atoms with Crippen LogP contribution in [-0.4, -0.2) is 17.8 Å². The van der Waals surface area contributed by atoms with E-state index in [1.54, 1.807) is 6.07 Å². The number of nitrogens with zero attached hydrogens (tertiary/aromatic N) is 1. The van der Waals surface area contributed by atoms with Crippen LogP contribution in [-0.2, 0) is 11.3 Å². The molecule has 1 saturated heterocycles. The Bertz CT molecular complexity index is 377. The molecule has 2 heterocycles. The van der Waals surface area contributed by atoms with Gasteiger partial charge in [-0.15, -0.1) is 0 Å². The molecule has 0 bridgehead atoms. The van der Waals surface area contributed by atoms with Crippen LogP contribution in [0.5, 0.6) is 0 Å².